The van der Waals surface area contributed by atoms with E-state index in [1.54, 1.807) is 6.07 Å². The lowest BCUT2D eigenvalue weighted by Gasteiger charge is -2.53. The average molecular weight is 781 g/mol. The number of ether oxygens (including phenoxy) is 2. The van der Waals surface area contributed by atoms with E-state index < -0.39 is 21.5 Å². The first kappa shape index (κ1) is 38.3. The van der Waals surface area contributed by atoms with Crippen LogP contribution in [0.15, 0.2) is 48.6 Å². The molecule has 1 unspecified atom stereocenters. The highest BCUT2D eigenvalue weighted by molar-refractivity contribution is 7.99. The topological polar surface area (TPSA) is 74.4 Å². The molecule has 0 radical (unpaired) electrons. The Labute approximate surface area is 326 Å². The highest BCUT2D eigenvalue weighted by Gasteiger charge is 2.50. The van der Waals surface area contributed by atoms with Gasteiger partial charge in [-0.2, -0.15) is 0 Å². The summed E-state index contributed by atoms with van der Waals surface area (Å²) in [5, 5.41) is 0.395. The van der Waals surface area contributed by atoms with E-state index >= 15 is 0 Å². The first-order valence-electron chi connectivity index (χ1n) is 20.2. The van der Waals surface area contributed by atoms with Gasteiger partial charge >= 0.3 is 0 Å². The minimum absolute atomic E-state index is 0.00107. The summed E-state index contributed by atoms with van der Waals surface area (Å²) in [6.45, 7) is 10.4. The van der Waals surface area contributed by atoms with Gasteiger partial charge in [-0.1, -0.05) is 36.7 Å². The van der Waals surface area contributed by atoms with E-state index in [2.05, 4.69) is 56.5 Å². The van der Waals surface area contributed by atoms with Crippen molar-refractivity contribution in [2.24, 2.45) is 17.8 Å². The van der Waals surface area contributed by atoms with Crippen LogP contribution in [0.4, 0.5) is 10.1 Å². The van der Waals surface area contributed by atoms with Crippen molar-refractivity contribution >= 4 is 38.8 Å². The Kier molecular flexibility index (Phi) is 10.6. The first-order chi connectivity index (χ1) is 25.9. The van der Waals surface area contributed by atoms with E-state index in [1.165, 1.54) is 11.1 Å². The summed E-state index contributed by atoms with van der Waals surface area (Å²) in [4.78, 5) is 21.3. The van der Waals surface area contributed by atoms with Crippen molar-refractivity contribution < 1.29 is 22.9 Å². The smallest absolute Gasteiger partial charge is 0.262 e. The Morgan fingerprint density at radius 2 is 1.96 bits per heavy atom. The minimum Gasteiger partial charge on any atom is -0.490 e. The van der Waals surface area contributed by atoms with Crippen LogP contribution in [0, 0.1) is 17.8 Å². The van der Waals surface area contributed by atoms with Crippen molar-refractivity contribution in [3.8, 4) is 5.75 Å². The number of nitrogens with one attached hydrogen (secondary N) is 1. The summed E-state index contributed by atoms with van der Waals surface area (Å²) in [5.74, 6) is 5.03. The monoisotopic (exact) mass is 780 g/mol. The summed E-state index contributed by atoms with van der Waals surface area (Å²) < 4.78 is 45.0. The minimum atomic E-state index is -2.98. The van der Waals surface area contributed by atoms with Gasteiger partial charge in [-0.05, 0) is 123 Å². The van der Waals surface area contributed by atoms with E-state index in [-0.39, 0.29) is 34.4 Å². The Morgan fingerprint density at radius 3 is 2.76 bits per heavy atom. The molecule has 2 aliphatic carbocycles. The first-order valence-corrected chi connectivity index (χ1v) is 22.4. The lowest BCUT2D eigenvalue weighted by atomic mass is 9.63. The fraction of sp³-hybridized carbons (Fsp3) is 0.628. The zero-order chi connectivity index (χ0) is 37.8. The van der Waals surface area contributed by atoms with Crippen LogP contribution in [0.5, 0.6) is 5.75 Å². The van der Waals surface area contributed by atoms with E-state index in [4.69, 9.17) is 21.1 Å². The summed E-state index contributed by atoms with van der Waals surface area (Å²) >= 11 is 6.52. The van der Waals surface area contributed by atoms with Crippen LogP contribution >= 0.6 is 11.6 Å². The van der Waals surface area contributed by atoms with Crippen LogP contribution in [0.25, 0.3) is 0 Å². The molecule has 2 aromatic carbocycles. The number of benzene rings is 2. The molecule has 8 nitrogen and oxygen atoms in total. The van der Waals surface area contributed by atoms with Crippen LogP contribution < -0.4 is 14.4 Å². The van der Waals surface area contributed by atoms with Gasteiger partial charge in [0.25, 0.3) is 5.91 Å². The molecule has 8 rings (SSSR count). The number of methoxy groups -OCH3 is 1. The van der Waals surface area contributed by atoms with Crippen molar-refractivity contribution in [2.75, 3.05) is 64.4 Å². The molecule has 1 saturated carbocycles. The predicted octanol–water partition coefficient (Wildman–Crippen LogP) is 6.69. The number of allylic oxidation sites excluding steroid dienone is 1. The van der Waals surface area contributed by atoms with E-state index in [0.29, 0.717) is 37.4 Å². The van der Waals surface area contributed by atoms with E-state index in [9.17, 15) is 13.4 Å². The average Bonchev–Trinajstić information content (AvgIpc) is 3.28. The fourth-order valence-corrected chi connectivity index (χ4v) is 12.3. The van der Waals surface area contributed by atoms with Gasteiger partial charge < -0.3 is 14.4 Å². The maximum Gasteiger partial charge on any atom is 0.262 e. The molecule has 9 atom stereocenters. The number of piperazine rings is 1. The molecule has 2 aromatic rings. The van der Waals surface area contributed by atoms with Gasteiger partial charge in [0.2, 0.25) is 0 Å². The number of halogens is 2. The van der Waals surface area contributed by atoms with Crippen molar-refractivity contribution in [2.45, 2.75) is 93.7 Å². The molecular weight excluding hydrogens is 723 g/mol. The molecule has 0 aromatic heterocycles. The second kappa shape index (κ2) is 15.0. The maximum atomic E-state index is 14.6. The zero-order valence-corrected chi connectivity index (χ0v) is 33.8. The third kappa shape index (κ3) is 7.23. The number of aryl methyl sites for hydroxylation is 1. The number of alkyl halides is 1. The number of carbonyl (C=O) groups is 1. The van der Waals surface area contributed by atoms with Crippen molar-refractivity contribution in [3.05, 3.63) is 70.3 Å². The number of amides is 1. The number of hydrogen-bond acceptors (Lipinski definition) is 7. The molecule has 2 bridgehead atoms. The Balaban J connectivity index is 1.18. The van der Waals surface area contributed by atoms with E-state index in [0.717, 1.165) is 94.4 Å². The molecule has 4 aliphatic heterocycles. The van der Waals surface area contributed by atoms with Crippen LogP contribution in [-0.2, 0) is 26.3 Å². The summed E-state index contributed by atoms with van der Waals surface area (Å²) in [6, 6.07) is 12.2. The van der Waals surface area contributed by atoms with Gasteiger partial charge in [0, 0.05) is 80.2 Å². The van der Waals surface area contributed by atoms with Gasteiger partial charge in [-0.15, -0.1) is 0 Å². The van der Waals surface area contributed by atoms with Crippen molar-refractivity contribution in [1.29, 1.82) is 0 Å². The van der Waals surface area contributed by atoms with E-state index in [1.807, 2.05) is 32.2 Å². The van der Waals surface area contributed by atoms with Gasteiger partial charge in [0.15, 0.2) is 0 Å². The zero-order valence-electron chi connectivity index (χ0n) is 32.2. The molecule has 1 spiro atoms. The largest absolute Gasteiger partial charge is 0.490 e. The van der Waals surface area contributed by atoms with Gasteiger partial charge in [-0.3, -0.25) is 19.3 Å². The van der Waals surface area contributed by atoms with Gasteiger partial charge in [-0.25, -0.2) is 8.60 Å². The normalized spacial score (nSPS) is 38.2. The Morgan fingerprint density at radius 1 is 1.11 bits per heavy atom. The summed E-state index contributed by atoms with van der Waals surface area (Å²) in [5.41, 5.74) is 3.13. The predicted molar refractivity (Wildman–Crippen MR) is 217 cm³/mol. The quantitative estimate of drug-likeness (QED) is 0.275. The van der Waals surface area contributed by atoms with Crippen LogP contribution in [-0.4, -0.2) is 108 Å². The molecule has 11 heteroatoms. The number of hydrogen-bond donors (Lipinski definition) is 1. The molecule has 3 fully saturated rings. The second-order valence-corrected chi connectivity index (χ2v) is 20.3. The number of carbonyl (C=O) groups excluding carboxylic acids is 1. The number of rotatable bonds is 3. The molecule has 1 N–H and O–H groups in total. The SMILES string of the molecule is C=S1(=O)NC(=O)c2ccc3c(c2)N(C[C@@H]2CC[C@H]2[C@@](CN2CCN4CC[C@H](F)C[C@H]4C2)(OC)/C=C/C[C@H](C)[C@H]1C)C[C@@]1(CCCc2cc(Cl)ccc21)CO3. The molecule has 54 heavy (non-hydrogen) atoms. The second-order valence-electron chi connectivity index (χ2n) is 17.4. The van der Waals surface area contributed by atoms with Crippen molar-refractivity contribution in [1.82, 2.24) is 14.5 Å². The lowest BCUT2D eigenvalue weighted by Crippen LogP contribution is -2.62. The molecular formula is C43H58ClFN4O4S. The third-order valence-electron chi connectivity index (χ3n) is 14.2. The number of anilines is 1. The summed E-state index contributed by atoms with van der Waals surface area (Å²) in [6.07, 6.45) is 10.9. The highest BCUT2D eigenvalue weighted by atomic mass is 35.5. The molecule has 2 saturated heterocycles. The highest BCUT2D eigenvalue weighted by Crippen LogP contribution is 2.49. The Hall–Kier alpha value is -2.63. The van der Waals surface area contributed by atoms with Crippen LogP contribution in [0.2, 0.25) is 5.02 Å². The fourth-order valence-electron chi connectivity index (χ4n) is 10.6. The molecule has 1 amide bonds. The number of nitrogens with zero attached hydrogens (tertiary/aromatic N) is 3. The molecule has 4 heterocycles. The molecule has 6 aliphatic rings. The third-order valence-corrected chi connectivity index (χ3v) is 16.6. The standard InChI is InChI=1S/C43H58ClFN4O4S/c1-29-7-5-17-43(52-3,27-47-19-20-48-18-15-35(45)23-36(48)25-47)38-12-9-33(38)24-49-26-42(16-6-8-31-21-34(44)11-13-37(31)42)28-53-40-14-10-32(22-39(40)49)41(50)46-54(4,51)30(29)2/h5,10-11,13-14,17,21-22,29-30,33,35-36,38H,4,6-9,12,15-16,18-20,23-28H2,1-3H3,(H,46,50,51)/b17-5+/t29-,30+,33-,35-,36-,38+,42-,43+,54?/m0/s1. The summed E-state index contributed by atoms with van der Waals surface area (Å²) in [7, 11) is -1.12. The van der Waals surface area contributed by atoms with Crippen molar-refractivity contribution in [3.63, 3.8) is 0 Å². The maximum absolute atomic E-state index is 14.6. The van der Waals surface area contributed by atoms with Crippen LogP contribution in [0.1, 0.15) is 80.3 Å². The van der Waals surface area contributed by atoms with Gasteiger partial charge in [0.05, 0.1) is 22.0 Å². The number of fused-ring (bicyclic) bond motifs is 5. The van der Waals surface area contributed by atoms with Gasteiger partial charge in [0.1, 0.15) is 17.5 Å². The number of piperidine rings is 1. The Bertz CT molecular complexity index is 1880. The lowest BCUT2D eigenvalue weighted by molar-refractivity contribution is -0.101. The van der Waals surface area contributed by atoms with Crippen LogP contribution in [0.3, 0.4) is 0 Å². The molecule has 294 valence electrons.